The monoisotopic (exact) mass is 324 g/mol. The van der Waals surface area contributed by atoms with E-state index in [1.165, 1.54) is 25.7 Å². The maximum atomic E-state index is 12.4. The molecule has 0 atom stereocenters. The summed E-state index contributed by atoms with van der Waals surface area (Å²) in [6, 6.07) is 9.65. The Labute approximate surface area is 143 Å². The highest BCUT2D eigenvalue weighted by molar-refractivity contribution is 6.03. The highest BCUT2D eigenvalue weighted by Crippen LogP contribution is 2.19. The number of amides is 1. The number of hydrogen-bond donors (Lipinski definition) is 1. The second kappa shape index (κ2) is 7.43. The van der Waals surface area contributed by atoms with Crippen LogP contribution in [0.5, 0.6) is 0 Å². The molecule has 2 aromatic rings. The van der Waals surface area contributed by atoms with Gasteiger partial charge in [0, 0.05) is 18.8 Å². The van der Waals surface area contributed by atoms with Crippen molar-refractivity contribution < 1.29 is 4.79 Å². The van der Waals surface area contributed by atoms with E-state index in [4.69, 9.17) is 0 Å². The highest BCUT2D eigenvalue weighted by atomic mass is 16.1. The molecule has 24 heavy (non-hydrogen) atoms. The zero-order chi connectivity index (χ0) is 16.9. The van der Waals surface area contributed by atoms with Gasteiger partial charge in [0.1, 0.15) is 0 Å². The van der Waals surface area contributed by atoms with Gasteiger partial charge in [0.2, 0.25) is 0 Å². The second-order valence-electron chi connectivity index (χ2n) is 6.45. The molecule has 1 aromatic heterocycles. The van der Waals surface area contributed by atoms with Crippen molar-refractivity contribution in [1.82, 2.24) is 10.2 Å². The van der Waals surface area contributed by atoms with Gasteiger partial charge < -0.3 is 10.2 Å². The largest absolute Gasteiger partial charge is 0.355 e. The van der Waals surface area contributed by atoms with E-state index in [9.17, 15) is 4.79 Å². The second-order valence-corrected chi connectivity index (χ2v) is 6.45. The summed E-state index contributed by atoms with van der Waals surface area (Å²) in [5.41, 5.74) is 3.30. The van der Waals surface area contributed by atoms with E-state index in [0.29, 0.717) is 5.69 Å². The van der Waals surface area contributed by atoms with E-state index in [0.717, 1.165) is 35.7 Å². The molecule has 1 saturated heterocycles. The van der Waals surface area contributed by atoms with Gasteiger partial charge in [-0.25, -0.2) is 0 Å². The number of nitrogens with one attached hydrogen (secondary N) is 1. The molecule has 0 aliphatic carbocycles. The van der Waals surface area contributed by atoms with Crippen LogP contribution in [-0.4, -0.2) is 29.2 Å². The Morgan fingerprint density at radius 3 is 2.42 bits per heavy atom. The molecule has 3 rings (SSSR count). The number of hydrogen-bond acceptors (Lipinski definition) is 4. The summed E-state index contributed by atoms with van der Waals surface area (Å²) in [4.78, 5) is 14.6. The number of aryl methyl sites for hydroxylation is 2. The number of carbonyl (C=O) groups is 1. The summed E-state index contributed by atoms with van der Waals surface area (Å²) in [5, 5.41) is 11.3. The lowest BCUT2D eigenvalue weighted by Crippen LogP contribution is -2.25. The minimum atomic E-state index is -0.224. The first-order valence-corrected chi connectivity index (χ1v) is 8.61. The van der Waals surface area contributed by atoms with Crippen LogP contribution in [0, 0.1) is 13.8 Å². The van der Waals surface area contributed by atoms with Gasteiger partial charge in [0.25, 0.3) is 5.91 Å². The molecular weight excluding hydrogens is 300 g/mol. The fraction of sp³-hybridized carbons (Fsp3) is 0.421. The van der Waals surface area contributed by atoms with Gasteiger partial charge in [-0.1, -0.05) is 25.0 Å². The summed E-state index contributed by atoms with van der Waals surface area (Å²) >= 11 is 0. The molecule has 0 spiro atoms. The minimum absolute atomic E-state index is 0.224. The topological polar surface area (TPSA) is 58.1 Å². The van der Waals surface area contributed by atoms with E-state index >= 15 is 0 Å². The summed E-state index contributed by atoms with van der Waals surface area (Å²) in [5.74, 6) is 0.638. The van der Waals surface area contributed by atoms with Crippen LogP contribution in [0.4, 0.5) is 11.5 Å². The van der Waals surface area contributed by atoms with Gasteiger partial charge in [0.05, 0.1) is 0 Å². The molecule has 1 N–H and O–H groups in total. The van der Waals surface area contributed by atoms with Gasteiger partial charge in [-0.3, -0.25) is 4.79 Å². The van der Waals surface area contributed by atoms with Gasteiger partial charge in [0.15, 0.2) is 11.5 Å². The molecule has 1 aliphatic rings. The van der Waals surface area contributed by atoms with Crippen molar-refractivity contribution >= 4 is 17.4 Å². The molecular formula is C19H24N4O. The zero-order valence-electron chi connectivity index (χ0n) is 14.4. The SMILES string of the molecule is Cc1ccc(C)c(NC(=O)c2ccc(N3CCCCCC3)nn2)c1. The predicted molar refractivity (Wildman–Crippen MR) is 96.6 cm³/mol. The molecule has 1 aliphatic heterocycles. The Morgan fingerprint density at radius 2 is 1.75 bits per heavy atom. The third kappa shape index (κ3) is 3.91. The van der Waals surface area contributed by atoms with Crippen LogP contribution < -0.4 is 10.2 Å². The molecule has 1 aromatic carbocycles. The molecule has 0 saturated carbocycles. The van der Waals surface area contributed by atoms with Crippen molar-refractivity contribution in [3.05, 3.63) is 47.2 Å². The van der Waals surface area contributed by atoms with Crippen LogP contribution in [0.2, 0.25) is 0 Å². The molecule has 0 unspecified atom stereocenters. The smallest absolute Gasteiger partial charge is 0.276 e. The van der Waals surface area contributed by atoms with Crippen LogP contribution in [0.25, 0.3) is 0 Å². The van der Waals surface area contributed by atoms with E-state index in [1.807, 2.05) is 38.1 Å². The fourth-order valence-corrected chi connectivity index (χ4v) is 2.97. The molecule has 0 bridgehead atoms. The molecule has 126 valence electrons. The molecule has 1 amide bonds. The first kappa shape index (κ1) is 16.4. The highest BCUT2D eigenvalue weighted by Gasteiger charge is 2.14. The fourth-order valence-electron chi connectivity index (χ4n) is 2.97. The van der Waals surface area contributed by atoms with Crippen LogP contribution >= 0.6 is 0 Å². The Balaban J connectivity index is 1.70. The lowest BCUT2D eigenvalue weighted by Gasteiger charge is -2.20. The maximum Gasteiger partial charge on any atom is 0.276 e. The van der Waals surface area contributed by atoms with Gasteiger partial charge in [-0.15, -0.1) is 10.2 Å². The normalized spacial score (nSPS) is 15.0. The van der Waals surface area contributed by atoms with Gasteiger partial charge >= 0.3 is 0 Å². The van der Waals surface area contributed by atoms with Crippen molar-refractivity contribution in [1.29, 1.82) is 0 Å². The number of rotatable bonds is 3. The third-order valence-corrected chi connectivity index (χ3v) is 4.45. The third-order valence-electron chi connectivity index (χ3n) is 4.45. The van der Waals surface area contributed by atoms with Crippen molar-refractivity contribution in [2.45, 2.75) is 39.5 Å². The molecule has 5 nitrogen and oxygen atoms in total. The quantitative estimate of drug-likeness (QED) is 0.934. The van der Waals surface area contributed by atoms with E-state index in [2.05, 4.69) is 20.4 Å². The first-order chi connectivity index (χ1) is 11.6. The summed E-state index contributed by atoms with van der Waals surface area (Å²) < 4.78 is 0. The van der Waals surface area contributed by atoms with E-state index in [1.54, 1.807) is 6.07 Å². The Hall–Kier alpha value is -2.43. The summed E-state index contributed by atoms with van der Waals surface area (Å²) in [6.45, 7) is 6.01. The van der Waals surface area contributed by atoms with Crippen LogP contribution in [0.3, 0.4) is 0 Å². The number of benzene rings is 1. The molecule has 1 fully saturated rings. The molecule has 0 radical (unpaired) electrons. The van der Waals surface area contributed by atoms with Gasteiger partial charge in [-0.2, -0.15) is 0 Å². The number of anilines is 2. The average molecular weight is 324 g/mol. The average Bonchev–Trinajstić information content (AvgIpc) is 2.87. The van der Waals surface area contributed by atoms with Crippen molar-refractivity contribution in [2.24, 2.45) is 0 Å². The first-order valence-electron chi connectivity index (χ1n) is 8.61. The minimum Gasteiger partial charge on any atom is -0.355 e. The van der Waals surface area contributed by atoms with Crippen LogP contribution in [0.15, 0.2) is 30.3 Å². The zero-order valence-corrected chi connectivity index (χ0v) is 14.4. The van der Waals surface area contributed by atoms with E-state index < -0.39 is 0 Å². The number of nitrogens with zero attached hydrogens (tertiary/aromatic N) is 3. The Bertz CT molecular complexity index is 704. The summed E-state index contributed by atoms with van der Waals surface area (Å²) in [7, 11) is 0. The standard InChI is InChI=1S/C19H24N4O/c1-14-7-8-15(2)17(13-14)20-19(24)16-9-10-18(22-21-16)23-11-5-3-4-6-12-23/h7-10,13H,3-6,11-12H2,1-2H3,(H,20,24). The molecule has 5 heteroatoms. The van der Waals surface area contributed by atoms with Crippen LogP contribution in [-0.2, 0) is 0 Å². The van der Waals surface area contributed by atoms with Crippen molar-refractivity contribution in [3.8, 4) is 0 Å². The number of aromatic nitrogens is 2. The lowest BCUT2D eigenvalue weighted by atomic mass is 10.1. The number of carbonyl (C=O) groups excluding carboxylic acids is 1. The predicted octanol–water partition coefficient (Wildman–Crippen LogP) is 3.73. The van der Waals surface area contributed by atoms with Gasteiger partial charge in [-0.05, 0) is 56.0 Å². The molecule has 2 heterocycles. The summed E-state index contributed by atoms with van der Waals surface area (Å²) in [6.07, 6.45) is 4.94. The van der Waals surface area contributed by atoms with Crippen molar-refractivity contribution in [2.75, 3.05) is 23.3 Å². The lowest BCUT2D eigenvalue weighted by molar-refractivity contribution is 0.102. The maximum absolute atomic E-state index is 12.4. The van der Waals surface area contributed by atoms with E-state index in [-0.39, 0.29) is 5.91 Å². The Kier molecular flexibility index (Phi) is 5.08. The Morgan fingerprint density at radius 1 is 1.00 bits per heavy atom. The van der Waals surface area contributed by atoms with Crippen LogP contribution in [0.1, 0.15) is 47.3 Å². The van der Waals surface area contributed by atoms with Crippen molar-refractivity contribution in [3.63, 3.8) is 0 Å².